The molecule has 2 fully saturated rings. The molecule has 9 heteroatoms. The van der Waals surface area contributed by atoms with Crippen LogP contribution >= 0.6 is 0 Å². The Labute approximate surface area is 259 Å². The standard InChI is InChI=1S/C33H54N2O4.CH4N2O/c1-6-28(31(36)39-33(3,4)5)20-19-26-11-10-14-30(23-26)38-22-21-35(24-27-17-15-25(2)16-18-27)32(37)34-29-12-8-7-9-13-29;2-1(3)4/h15-18,26,28-30H,6-14,19-24H2,1-5H3,(H,34,37);(H4,2,3,4). The fourth-order valence-corrected chi connectivity index (χ4v) is 5.97. The minimum Gasteiger partial charge on any atom is -0.460 e. The van der Waals surface area contributed by atoms with Crippen molar-refractivity contribution in [1.82, 2.24) is 10.2 Å². The molecule has 3 unspecified atom stereocenters. The van der Waals surface area contributed by atoms with Crippen LogP contribution in [0.15, 0.2) is 24.3 Å². The summed E-state index contributed by atoms with van der Waals surface area (Å²) in [7, 11) is 0. The number of carbonyl (C=O) groups is 3. The van der Waals surface area contributed by atoms with E-state index in [4.69, 9.17) is 14.3 Å². The number of aryl methyl sites for hydroxylation is 1. The molecule has 9 nitrogen and oxygen atoms in total. The summed E-state index contributed by atoms with van der Waals surface area (Å²) in [5, 5.41) is 3.30. The second kappa shape index (κ2) is 18.8. The van der Waals surface area contributed by atoms with Crippen molar-refractivity contribution in [3.8, 4) is 0 Å². The number of carbonyl (C=O) groups excluding carboxylic acids is 3. The fraction of sp³-hybridized carbons (Fsp3) is 0.735. The number of hydrogen-bond donors (Lipinski definition) is 3. The highest BCUT2D eigenvalue weighted by Gasteiger charge is 2.28. The van der Waals surface area contributed by atoms with Crippen molar-refractivity contribution in [1.29, 1.82) is 0 Å². The minimum absolute atomic E-state index is 0.0245. The number of ether oxygens (including phenoxy) is 2. The average molecular weight is 603 g/mol. The molecule has 3 atom stereocenters. The molecule has 0 bridgehead atoms. The first-order valence-electron chi connectivity index (χ1n) is 16.4. The molecule has 0 heterocycles. The van der Waals surface area contributed by atoms with Gasteiger partial charge in [0.1, 0.15) is 5.60 Å². The number of rotatable bonds is 12. The molecule has 0 radical (unpaired) electrons. The second-order valence-corrected chi connectivity index (χ2v) is 13.3. The third-order valence-electron chi connectivity index (χ3n) is 8.32. The fourth-order valence-electron chi connectivity index (χ4n) is 5.97. The molecule has 0 aliphatic heterocycles. The number of urea groups is 2. The van der Waals surface area contributed by atoms with Gasteiger partial charge in [0, 0.05) is 19.1 Å². The van der Waals surface area contributed by atoms with Gasteiger partial charge >= 0.3 is 18.0 Å². The Bertz CT molecular complexity index is 968. The van der Waals surface area contributed by atoms with E-state index in [1.165, 1.54) is 31.2 Å². The first-order chi connectivity index (χ1) is 20.4. The van der Waals surface area contributed by atoms with E-state index in [1.807, 2.05) is 25.7 Å². The van der Waals surface area contributed by atoms with E-state index in [0.29, 0.717) is 31.7 Å². The lowest BCUT2D eigenvalue weighted by atomic mass is 9.82. The maximum absolute atomic E-state index is 13.3. The lowest BCUT2D eigenvalue weighted by Crippen LogP contribution is -2.46. The van der Waals surface area contributed by atoms with Gasteiger partial charge in [0.2, 0.25) is 0 Å². The molecule has 2 saturated carbocycles. The maximum atomic E-state index is 13.3. The monoisotopic (exact) mass is 602 g/mol. The van der Waals surface area contributed by atoms with Crippen LogP contribution < -0.4 is 16.8 Å². The summed E-state index contributed by atoms with van der Waals surface area (Å²) in [6, 6.07) is 7.93. The SMILES string of the molecule is CCC(CCC1CCCC(OCCN(Cc2ccc(C)cc2)C(=O)NC2CCCCC2)C1)C(=O)OC(C)(C)C.NC(N)=O. The Morgan fingerprint density at radius 3 is 2.26 bits per heavy atom. The van der Waals surface area contributed by atoms with Crippen molar-refractivity contribution in [2.45, 2.75) is 136 Å². The molecule has 2 aliphatic rings. The summed E-state index contributed by atoms with van der Waals surface area (Å²) in [4.78, 5) is 36.8. The van der Waals surface area contributed by atoms with Crippen molar-refractivity contribution in [2.24, 2.45) is 23.3 Å². The van der Waals surface area contributed by atoms with Crippen LogP contribution in [0.3, 0.4) is 0 Å². The topological polar surface area (TPSA) is 137 Å². The Hall–Kier alpha value is -2.81. The number of nitrogens with two attached hydrogens (primary N) is 2. The van der Waals surface area contributed by atoms with Crippen LogP contribution in [0.5, 0.6) is 0 Å². The third-order valence-corrected chi connectivity index (χ3v) is 8.32. The quantitative estimate of drug-likeness (QED) is 0.232. The van der Waals surface area contributed by atoms with Crippen LogP contribution in [0.2, 0.25) is 0 Å². The maximum Gasteiger partial charge on any atom is 0.317 e. The largest absolute Gasteiger partial charge is 0.460 e. The van der Waals surface area contributed by atoms with Crippen LogP contribution in [-0.4, -0.2) is 53.8 Å². The molecule has 3 rings (SSSR count). The number of amides is 4. The van der Waals surface area contributed by atoms with Crippen molar-refractivity contribution in [2.75, 3.05) is 13.2 Å². The van der Waals surface area contributed by atoms with Gasteiger partial charge in [-0.15, -0.1) is 0 Å². The van der Waals surface area contributed by atoms with E-state index in [1.54, 1.807) is 0 Å². The van der Waals surface area contributed by atoms with Crippen LogP contribution in [0.25, 0.3) is 0 Å². The van der Waals surface area contributed by atoms with Crippen molar-refractivity contribution in [3.63, 3.8) is 0 Å². The Morgan fingerprint density at radius 2 is 1.65 bits per heavy atom. The normalized spacial score (nSPS) is 19.8. The Balaban J connectivity index is 0.00000151. The average Bonchev–Trinajstić information content (AvgIpc) is 2.93. The zero-order valence-electron chi connectivity index (χ0n) is 27.4. The summed E-state index contributed by atoms with van der Waals surface area (Å²) >= 11 is 0. The van der Waals surface area contributed by atoms with Crippen molar-refractivity contribution < 1.29 is 23.9 Å². The van der Waals surface area contributed by atoms with Gasteiger partial charge in [0.25, 0.3) is 0 Å². The lowest BCUT2D eigenvalue weighted by molar-refractivity contribution is -0.160. The smallest absolute Gasteiger partial charge is 0.317 e. The molecular weight excluding hydrogens is 544 g/mol. The first kappa shape index (κ1) is 36.4. The molecule has 0 aromatic heterocycles. The van der Waals surface area contributed by atoms with Gasteiger partial charge in [-0.2, -0.15) is 0 Å². The molecule has 5 N–H and O–H groups in total. The summed E-state index contributed by atoms with van der Waals surface area (Å²) in [6.07, 6.45) is 13.3. The Morgan fingerprint density at radius 1 is 1.00 bits per heavy atom. The number of benzene rings is 1. The van der Waals surface area contributed by atoms with Crippen LogP contribution in [0, 0.1) is 18.8 Å². The van der Waals surface area contributed by atoms with E-state index in [9.17, 15) is 9.59 Å². The number of nitrogens with zero attached hydrogens (tertiary/aromatic N) is 1. The zero-order valence-corrected chi connectivity index (χ0v) is 27.4. The molecule has 43 heavy (non-hydrogen) atoms. The van der Waals surface area contributed by atoms with Gasteiger partial charge in [0.05, 0.1) is 18.6 Å². The second-order valence-electron chi connectivity index (χ2n) is 13.3. The van der Waals surface area contributed by atoms with Gasteiger partial charge in [0.15, 0.2) is 0 Å². The van der Waals surface area contributed by atoms with Gasteiger partial charge in [-0.05, 0) is 84.1 Å². The van der Waals surface area contributed by atoms with Gasteiger partial charge in [-0.1, -0.05) is 68.9 Å². The van der Waals surface area contributed by atoms with E-state index < -0.39 is 11.6 Å². The van der Waals surface area contributed by atoms with Crippen molar-refractivity contribution >= 4 is 18.0 Å². The summed E-state index contributed by atoms with van der Waals surface area (Å²) in [6.45, 7) is 11.7. The minimum atomic E-state index is -0.833. The number of esters is 1. The predicted molar refractivity (Wildman–Crippen MR) is 171 cm³/mol. The lowest BCUT2D eigenvalue weighted by Gasteiger charge is -2.32. The van der Waals surface area contributed by atoms with Gasteiger partial charge in [-0.25, -0.2) is 9.59 Å². The molecular formula is C34H58N4O5. The summed E-state index contributed by atoms with van der Waals surface area (Å²) in [5.41, 5.74) is 10.4. The first-order valence-corrected chi connectivity index (χ1v) is 16.4. The van der Waals surface area contributed by atoms with Gasteiger partial charge in [-0.3, -0.25) is 4.79 Å². The van der Waals surface area contributed by atoms with Crippen LogP contribution in [0.1, 0.15) is 116 Å². The van der Waals surface area contributed by atoms with Crippen molar-refractivity contribution in [3.05, 3.63) is 35.4 Å². The molecule has 0 saturated heterocycles. The molecule has 4 amide bonds. The third kappa shape index (κ3) is 15.5. The van der Waals surface area contributed by atoms with Gasteiger partial charge < -0.3 is 31.2 Å². The number of hydrogen-bond acceptors (Lipinski definition) is 5. The number of nitrogens with one attached hydrogen (secondary N) is 1. The van der Waals surface area contributed by atoms with E-state index in [2.05, 4.69) is 54.9 Å². The van der Waals surface area contributed by atoms with E-state index >= 15 is 0 Å². The summed E-state index contributed by atoms with van der Waals surface area (Å²) in [5.74, 6) is 0.496. The Kier molecular flexibility index (Phi) is 15.9. The highest BCUT2D eigenvalue weighted by atomic mass is 16.6. The molecule has 244 valence electrons. The summed E-state index contributed by atoms with van der Waals surface area (Å²) < 4.78 is 12.0. The highest BCUT2D eigenvalue weighted by molar-refractivity contribution is 5.74. The molecule has 0 spiro atoms. The molecule has 1 aromatic carbocycles. The van der Waals surface area contributed by atoms with E-state index in [-0.39, 0.29) is 24.0 Å². The van der Waals surface area contributed by atoms with Crippen LogP contribution in [-0.2, 0) is 20.8 Å². The highest BCUT2D eigenvalue weighted by Crippen LogP contribution is 2.32. The molecule has 1 aromatic rings. The van der Waals surface area contributed by atoms with E-state index in [0.717, 1.165) is 56.9 Å². The van der Waals surface area contributed by atoms with Crippen LogP contribution in [0.4, 0.5) is 9.59 Å². The predicted octanol–water partition coefficient (Wildman–Crippen LogP) is 6.59. The molecule has 2 aliphatic carbocycles. The zero-order chi connectivity index (χ0) is 31.8. The number of primary amides is 2.